The zero-order valence-electron chi connectivity index (χ0n) is 13.8. The summed E-state index contributed by atoms with van der Waals surface area (Å²) in [7, 11) is 0. The maximum atomic E-state index is 13.1. The number of H-pyrrole nitrogens is 1. The van der Waals surface area contributed by atoms with Crippen molar-refractivity contribution in [2.24, 2.45) is 0 Å². The molecule has 0 aliphatic rings. The molecule has 0 fully saturated rings. The van der Waals surface area contributed by atoms with Gasteiger partial charge >= 0.3 is 0 Å². The van der Waals surface area contributed by atoms with Gasteiger partial charge in [0.1, 0.15) is 17.3 Å². The van der Waals surface area contributed by atoms with Crippen LogP contribution in [-0.2, 0) is 11.2 Å². The topological polar surface area (TPSA) is 67.0 Å². The molecule has 0 aliphatic carbocycles. The van der Waals surface area contributed by atoms with Gasteiger partial charge < -0.3 is 10.1 Å². The maximum absolute atomic E-state index is 13.1. The number of aromatic nitrogens is 2. The lowest BCUT2D eigenvalue weighted by Crippen LogP contribution is -2.21. The van der Waals surface area contributed by atoms with Crippen molar-refractivity contribution >= 4 is 11.6 Å². The van der Waals surface area contributed by atoms with E-state index >= 15 is 0 Å². The average Bonchev–Trinajstić information content (AvgIpc) is 3.04. The third-order valence-corrected chi connectivity index (χ3v) is 3.69. The molecule has 3 aromatic rings. The normalized spacial score (nSPS) is 10.5. The van der Waals surface area contributed by atoms with Gasteiger partial charge in [0.05, 0.1) is 11.4 Å². The summed E-state index contributed by atoms with van der Waals surface area (Å²) in [4.78, 5) is 12.3. The number of rotatable bonds is 6. The molecule has 0 unspecified atom stereocenters. The largest absolute Gasteiger partial charge is 0.484 e. The summed E-state index contributed by atoms with van der Waals surface area (Å²) in [6.45, 7) is 1.85. The van der Waals surface area contributed by atoms with Crippen LogP contribution < -0.4 is 10.1 Å². The molecule has 0 spiro atoms. The second-order valence-corrected chi connectivity index (χ2v) is 5.44. The van der Waals surface area contributed by atoms with E-state index in [1.807, 2.05) is 25.1 Å². The van der Waals surface area contributed by atoms with Gasteiger partial charge in [-0.3, -0.25) is 9.89 Å². The zero-order chi connectivity index (χ0) is 17.6. The molecule has 6 heteroatoms. The van der Waals surface area contributed by atoms with Crippen molar-refractivity contribution in [3.8, 4) is 17.0 Å². The highest BCUT2D eigenvalue weighted by Gasteiger charge is 2.16. The van der Waals surface area contributed by atoms with Crippen molar-refractivity contribution in [3.63, 3.8) is 0 Å². The fourth-order valence-electron chi connectivity index (χ4n) is 2.43. The number of carbonyl (C=O) groups is 1. The molecule has 25 heavy (non-hydrogen) atoms. The third kappa shape index (κ3) is 4.03. The van der Waals surface area contributed by atoms with Crippen LogP contribution in [0.2, 0.25) is 0 Å². The predicted octanol–water partition coefficient (Wildman–Crippen LogP) is 3.80. The zero-order valence-corrected chi connectivity index (χ0v) is 13.8. The number of nitrogens with zero attached hydrogens (tertiary/aromatic N) is 1. The Balaban J connectivity index is 1.75. The highest BCUT2D eigenvalue weighted by Crippen LogP contribution is 2.29. The molecular weight excluding hydrogens is 321 g/mol. The Bertz CT molecular complexity index is 845. The predicted molar refractivity (Wildman–Crippen MR) is 93.9 cm³/mol. The second-order valence-electron chi connectivity index (χ2n) is 5.44. The molecule has 0 bridgehead atoms. The van der Waals surface area contributed by atoms with E-state index in [1.165, 1.54) is 12.1 Å². The number of halogens is 1. The monoisotopic (exact) mass is 339 g/mol. The maximum Gasteiger partial charge on any atom is 0.262 e. The molecular formula is C19H18FN3O2. The average molecular weight is 339 g/mol. The number of hydrogen-bond acceptors (Lipinski definition) is 3. The van der Waals surface area contributed by atoms with Gasteiger partial charge in [-0.1, -0.05) is 25.1 Å². The molecule has 1 amide bonds. The fourth-order valence-corrected chi connectivity index (χ4v) is 2.43. The molecule has 0 saturated heterocycles. The Morgan fingerprint density at radius 3 is 2.56 bits per heavy atom. The molecule has 5 nitrogen and oxygen atoms in total. The van der Waals surface area contributed by atoms with Crippen LogP contribution in [-0.4, -0.2) is 22.7 Å². The summed E-state index contributed by atoms with van der Waals surface area (Å²) in [6.07, 6.45) is 0.670. The fraction of sp³-hybridized carbons (Fsp3) is 0.158. The third-order valence-electron chi connectivity index (χ3n) is 3.69. The molecule has 2 aromatic carbocycles. The van der Waals surface area contributed by atoms with Crippen molar-refractivity contribution < 1.29 is 13.9 Å². The van der Waals surface area contributed by atoms with Crippen LogP contribution in [0.4, 0.5) is 10.1 Å². The summed E-state index contributed by atoms with van der Waals surface area (Å²) >= 11 is 0. The van der Waals surface area contributed by atoms with E-state index in [4.69, 9.17) is 4.74 Å². The number of benzene rings is 2. The van der Waals surface area contributed by atoms with Crippen LogP contribution in [0.1, 0.15) is 12.6 Å². The van der Waals surface area contributed by atoms with Crippen LogP contribution in [0.5, 0.6) is 5.75 Å². The lowest BCUT2D eigenvalue weighted by Gasteiger charge is -2.09. The molecule has 0 saturated carbocycles. The van der Waals surface area contributed by atoms with Crippen LogP contribution in [0, 0.1) is 5.82 Å². The van der Waals surface area contributed by atoms with E-state index in [2.05, 4.69) is 15.5 Å². The van der Waals surface area contributed by atoms with Gasteiger partial charge in [-0.05, 0) is 42.8 Å². The SMILES string of the molecule is CCc1[nH]nc(-c2ccc(F)cc2)c1NC(=O)COc1ccccc1. The molecule has 128 valence electrons. The van der Waals surface area contributed by atoms with E-state index in [0.29, 0.717) is 23.6 Å². The Morgan fingerprint density at radius 1 is 1.16 bits per heavy atom. The van der Waals surface area contributed by atoms with Gasteiger partial charge in [0.25, 0.3) is 5.91 Å². The van der Waals surface area contributed by atoms with E-state index in [0.717, 1.165) is 11.3 Å². The number of carbonyl (C=O) groups excluding carboxylic acids is 1. The van der Waals surface area contributed by atoms with Crippen molar-refractivity contribution in [2.75, 3.05) is 11.9 Å². The standard InChI is InChI=1S/C19H18FN3O2/c1-2-16-19(18(23-22-16)13-8-10-14(20)11-9-13)21-17(24)12-25-15-6-4-3-5-7-15/h3-11H,2,12H2,1H3,(H,21,24)(H,22,23). The highest BCUT2D eigenvalue weighted by molar-refractivity contribution is 5.96. The molecule has 1 aromatic heterocycles. The van der Waals surface area contributed by atoms with Gasteiger partial charge in [0.2, 0.25) is 0 Å². The van der Waals surface area contributed by atoms with Crippen LogP contribution in [0.25, 0.3) is 11.3 Å². The Kier molecular flexibility index (Phi) is 5.09. The van der Waals surface area contributed by atoms with Gasteiger partial charge in [-0.15, -0.1) is 0 Å². The molecule has 1 heterocycles. The van der Waals surface area contributed by atoms with Crippen LogP contribution in [0.15, 0.2) is 54.6 Å². The first-order valence-corrected chi connectivity index (χ1v) is 7.98. The Hall–Kier alpha value is -3.15. The smallest absolute Gasteiger partial charge is 0.262 e. The van der Waals surface area contributed by atoms with E-state index in [-0.39, 0.29) is 18.3 Å². The second kappa shape index (κ2) is 7.61. The van der Waals surface area contributed by atoms with E-state index in [9.17, 15) is 9.18 Å². The first kappa shape index (κ1) is 16.7. The van der Waals surface area contributed by atoms with Crippen molar-refractivity contribution in [1.82, 2.24) is 10.2 Å². The van der Waals surface area contributed by atoms with E-state index in [1.54, 1.807) is 24.3 Å². The van der Waals surface area contributed by atoms with Crippen molar-refractivity contribution in [2.45, 2.75) is 13.3 Å². The summed E-state index contributed by atoms with van der Waals surface area (Å²) in [6, 6.07) is 15.1. The van der Waals surface area contributed by atoms with Crippen molar-refractivity contribution in [1.29, 1.82) is 0 Å². The summed E-state index contributed by atoms with van der Waals surface area (Å²) in [5.74, 6) is 0.0134. The van der Waals surface area contributed by atoms with Gasteiger partial charge in [0.15, 0.2) is 6.61 Å². The van der Waals surface area contributed by atoms with Crippen molar-refractivity contribution in [3.05, 3.63) is 66.1 Å². The minimum atomic E-state index is -0.322. The first-order chi connectivity index (χ1) is 12.2. The minimum absolute atomic E-state index is 0.110. The summed E-state index contributed by atoms with van der Waals surface area (Å²) < 4.78 is 18.6. The van der Waals surface area contributed by atoms with Crippen LogP contribution in [0.3, 0.4) is 0 Å². The molecule has 0 aliphatic heterocycles. The quantitative estimate of drug-likeness (QED) is 0.718. The lowest BCUT2D eigenvalue weighted by atomic mass is 10.1. The Labute approximate surface area is 144 Å². The number of hydrogen-bond donors (Lipinski definition) is 2. The molecule has 0 atom stereocenters. The number of anilines is 1. The number of ether oxygens (including phenoxy) is 1. The number of aromatic amines is 1. The van der Waals surface area contributed by atoms with E-state index < -0.39 is 0 Å². The van der Waals surface area contributed by atoms with Gasteiger partial charge in [-0.2, -0.15) is 5.10 Å². The van der Waals surface area contributed by atoms with Gasteiger partial charge in [0, 0.05) is 5.56 Å². The lowest BCUT2D eigenvalue weighted by molar-refractivity contribution is -0.118. The summed E-state index contributed by atoms with van der Waals surface area (Å²) in [5.41, 5.74) is 2.68. The first-order valence-electron chi connectivity index (χ1n) is 7.98. The molecule has 0 radical (unpaired) electrons. The molecule has 3 rings (SSSR count). The number of para-hydroxylation sites is 1. The number of aryl methyl sites for hydroxylation is 1. The summed E-state index contributed by atoms with van der Waals surface area (Å²) in [5, 5.41) is 10.0. The number of amides is 1. The number of nitrogens with one attached hydrogen (secondary N) is 2. The van der Waals surface area contributed by atoms with Crippen LogP contribution >= 0.6 is 0 Å². The minimum Gasteiger partial charge on any atom is -0.484 e. The highest BCUT2D eigenvalue weighted by atomic mass is 19.1. The van der Waals surface area contributed by atoms with Gasteiger partial charge in [-0.25, -0.2) is 4.39 Å². The Morgan fingerprint density at radius 2 is 1.88 bits per heavy atom. The molecule has 2 N–H and O–H groups in total.